The molecule has 0 aliphatic carbocycles. The van der Waals surface area contributed by atoms with Crippen molar-refractivity contribution in [1.29, 1.82) is 0 Å². The standard InChI is InChI=1S/C17H14N2O4/c1-11(20)18(2)15-9-13(19(21)22)10-17-14(15)8-7-12-5-3-4-6-16(12)23-17/h3-10H,1-2H3. The lowest BCUT2D eigenvalue weighted by Crippen LogP contribution is -2.23. The van der Waals surface area contributed by atoms with Gasteiger partial charge in [-0.05, 0) is 12.1 Å². The van der Waals surface area contributed by atoms with E-state index < -0.39 is 4.92 Å². The Balaban J connectivity index is 2.23. The molecule has 23 heavy (non-hydrogen) atoms. The average Bonchev–Trinajstić information content (AvgIpc) is 2.71. The van der Waals surface area contributed by atoms with Crippen molar-refractivity contribution in [2.75, 3.05) is 11.9 Å². The number of benzene rings is 2. The van der Waals surface area contributed by atoms with Crippen molar-refractivity contribution in [2.24, 2.45) is 0 Å². The molecule has 3 rings (SSSR count). The zero-order valence-corrected chi connectivity index (χ0v) is 12.6. The van der Waals surface area contributed by atoms with E-state index >= 15 is 0 Å². The van der Waals surface area contributed by atoms with E-state index in [1.54, 1.807) is 19.2 Å². The van der Waals surface area contributed by atoms with Gasteiger partial charge >= 0.3 is 0 Å². The molecule has 1 heterocycles. The minimum Gasteiger partial charge on any atom is -0.456 e. The number of nitro groups is 1. The van der Waals surface area contributed by atoms with E-state index in [2.05, 4.69) is 0 Å². The van der Waals surface area contributed by atoms with Gasteiger partial charge in [0.15, 0.2) is 0 Å². The summed E-state index contributed by atoms with van der Waals surface area (Å²) in [6.07, 6.45) is 3.67. The number of ether oxygens (including phenoxy) is 1. The normalized spacial score (nSPS) is 11.7. The molecule has 1 aliphatic rings. The molecule has 1 aliphatic heterocycles. The first kappa shape index (κ1) is 14.8. The van der Waals surface area contributed by atoms with Crippen molar-refractivity contribution >= 4 is 29.4 Å². The molecule has 0 spiro atoms. The van der Waals surface area contributed by atoms with Crippen molar-refractivity contribution in [3.05, 3.63) is 57.6 Å². The molecular weight excluding hydrogens is 296 g/mol. The summed E-state index contributed by atoms with van der Waals surface area (Å²) in [4.78, 5) is 23.8. The first-order valence-corrected chi connectivity index (χ1v) is 6.99. The fourth-order valence-corrected chi connectivity index (χ4v) is 2.41. The van der Waals surface area contributed by atoms with Crippen LogP contribution in [0.4, 0.5) is 11.4 Å². The van der Waals surface area contributed by atoms with Gasteiger partial charge in [0.2, 0.25) is 5.91 Å². The maximum absolute atomic E-state index is 11.7. The van der Waals surface area contributed by atoms with E-state index in [4.69, 9.17) is 4.74 Å². The minimum atomic E-state index is -0.498. The van der Waals surface area contributed by atoms with Crippen LogP contribution < -0.4 is 9.64 Å². The fourth-order valence-electron chi connectivity index (χ4n) is 2.41. The molecule has 1 amide bonds. The van der Waals surface area contributed by atoms with Gasteiger partial charge in [0, 0.05) is 31.2 Å². The first-order valence-electron chi connectivity index (χ1n) is 6.99. The number of rotatable bonds is 2. The Morgan fingerprint density at radius 3 is 2.61 bits per heavy atom. The highest BCUT2D eigenvalue weighted by molar-refractivity contribution is 5.96. The molecule has 6 nitrogen and oxygen atoms in total. The van der Waals surface area contributed by atoms with E-state index in [-0.39, 0.29) is 11.6 Å². The van der Waals surface area contributed by atoms with Crippen molar-refractivity contribution in [3.8, 4) is 11.5 Å². The summed E-state index contributed by atoms with van der Waals surface area (Å²) in [5.41, 5.74) is 1.80. The number of para-hydroxylation sites is 1. The predicted octanol–water partition coefficient (Wildman–Crippen LogP) is 3.85. The van der Waals surface area contributed by atoms with Crippen LogP contribution in [0.5, 0.6) is 11.5 Å². The van der Waals surface area contributed by atoms with Crippen LogP contribution in [0.1, 0.15) is 18.1 Å². The van der Waals surface area contributed by atoms with E-state index in [9.17, 15) is 14.9 Å². The Kier molecular flexibility index (Phi) is 3.57. The lowest BCUT2D eigenvalue weighted by atomic mass is 10.1. The van der Waals surface area contributed by atoms with E-state index in [0.29, 0.717) is 22.7 Å². The molecule has 6 heteroatoms. The number of amides is 1. The molecule has 2 aromatic rings. The van der Waals surface area contributed by atoms with Gasteiger partial charge in [-0.25, -0.2) is 0 Å². The number of carbonyl (C=O) groups is 1. The van der Waals surface area contributed by atoms with Gasteiger partial charge in [0.05, 0.1) is 16.7 Å². The Hall–Kier alpha value is -3.15. The topological polar surface area (TPSA) is 72.7 Å². The van der Waals surface area contributed by atoms with Gasteiger partial charge in [-0.15, -0.1) is 0 Å². The van der Waals surface area contributed by atoms with Crippen LogP contribution in [0.15, 0.2) is 36.4 Å². The summed E-state index contributed by atoms with van der Waals surface area (Å²) in [6.45, 7) is 1.40. The third-order valence-corrected chi connectivity index (χ3v) is 3.72. The lowest BCUT2D eigenvalue weighted by molar-refractivity contribution is -0.384. The lowest BCUT2D eigenvalue weighted by Gasteiger charge is -2.19. The molecule has 0 unspecified atom stereocenters. The number of carbonyl (C=O) groups excluding carboxylic acids is 1. The second-order valence-electron chi connectivity index (χ2n) is 5.19. The minimum absolute atomic E-state index is 0.125. The van der Waals surface area contributed by atoms with Crippen LogP contribution in [0.3, 0.4) is 0 Å². The average molecular weight is 310 g/mol. The third kappa shape index (κ3) is 2.66. The molecule has 0 aromatic heterocycles. The molecule has 0 saturated heterocycles. The second kappa shape index (κ2) is 5.57. The van der Waals surface area contributed by atoms with Crippen molar-refractivity contribution in [3.63, 3.8) is 0 Å². The number of non-ortho nitro benzene ring substituents is 1. The van der Waals surface area contributed by atoms with Crippen molar-refractivity contribution in [1.82, 2.24) is 0 Å². The van der Waals surface area contributed by atoms with E-state index in [1.807, 2.05) is 24.3 Å². The fraction of sp³-hybridized carbons (Fsp3) is 0.118. The molecule has 0 atom stereocenters. The van der Waals surface area contributed by atoms with Crippen molar-refractivity contribution < 1.29 is 14.5 Å². The highest BCUT2D eigenvalue weighted by Gasteiger charge is 2.22. The Labute approximate surface area is 132 Å². The summed E-state index contributed by atoms with van der Waals surface area (Å²) >= 11 is 0. The van der Waals surface area contributed by atoms with Gasteiger partial charge in [-0.2, -0.15) is 0 Å². The van der Waals surface area contributed by atoms with Crippen LogP contribution in [0, 0.1) is 10.1 Å². The number of hydrogen-bond acceptors (Lipinski definition) is 4. The van der Waals surface area contributed by atoms with Crippen molar-refractivity contribution in [2.45, 2.75) is 6.92 Å². The Morgan fingerprint density at radius 2 is 1.91 bits per heavy atom. The van der Waals surface area contributed by atoms with Gasteiger partial charge < -0.3 is 9.64 Å². The van der Waals surface area contributed by atoms with E-state index in [0.717, 1.165) is 5.56 Å². The molecule has 0 saturated carbocycles. The summed E-state index contributed by atoms with van der Waals surface area (Å²) in [7, 11) is 1.58. The second-order valence-corrected chi connectivity index (χ2v) is 5.19. The summed E-state index contributed by atoms with van der Waals surface area (Å²) < 4.78 is 5.86. The van der Waals surface area contributed by atoms with Gasteiger partial charge in [0.1, 0.15) is 11.5 Å². The zero-order valence-electron chi connectivity index (χ0n) is 12.6. The van der Waals surface area contributed by atoms with Gasteiger partial charge in [0.25, 0.3) is 5.69 Å². The van der Waals surface area contributed by atoms with Crippen LogP contribution in [0.2, 0.25) is 0 Å². The molecule has 0 fully saturated rings. The highest BCUT2D eigenvalue weighted by atomic mass is 16.6. The molecule has 116 valence electrons. The zero-order chi connectivity index (χ0) is 16.6. The van der Waals surface area contributed by atoms with Crippen LogP contribution in [-0.2, 0) is 4.79 Å². The number of fused-ring (bicyclic) bond motifs is 2. The Bertz CT molecular complexity index is 842. The number of hydrogen-bond donors (Lipinski definition) is 0. The quantitative estimate of drug-likeness (QED) is 0.532. The maximum atomic E-state index is 11.7. The summed E-state index contributed by atoms with van der Waals surface area (Å²) in [5.74, 6) is 0.741. The Morgan fingerprint density at radius 1 is 1.17 bits per heavy atom. The molecule has 2 aromatic carbocycles. The summed E-state index contributed by atoms with van der Waals surface area (Å²) in [5, 5.41) is 11.2. The number of nitrogens with zero attached hydrogens (tertiary/aromatic N) is 2. The van der Waals surface area contributed by atoms with E-state index in [1.165, 1.54) is 24.0 Å². The number of nitro benzene ring substituents is 1. The molecule has 0 radical (unpaired) electrons. The molecular formula is C17H14N2O4. The van der Waals surface area contributed by atoms with Crippen LogP contribution in [0.25, 0.3) is 12.2 Å². The maximum Gasteiger partial charge on any atom is 0.275 e. The van der Waals surface area contributed by atoms with Crippen LogP contribution in [-0.4, -0.2) is 17.9 Å². The first-order chi connectivity index (χ1) is 11.0. The number of anilines is 1. The largest absolute Gasteiger partial charge is 0.456 e. The van der Waals surface area contributed by atoms with Gasteiger partial charge in [-0.1, -0.05) is 24.3 Å². The predicted molar refractivity (Wildman–Crippen MR) is 87.6 cm³/mol. The third-order valence-electron chi connectivity index (χ3n) is 3.72. The summed E-state index contributed by atoms with van der Waals surface area (Å²) in [6, 6.07) is 10.1. The monoisotopic (exact) mass is 310 g/mol. The van der Waals surface area contributed by atoms with Gasteiger partial charge in [-0.3, -0.25) is 14.9 Å². The SMILES string of the molecule is CC(=O)N(C)c1cc([N+](=O)[O-])cc2c1C=Cc1ccccc1O2. The highest BCUT2D eigenvalue weighted by Crippen LogP contribution is 2.41. The molecule has 0 bridgehead atoms. The molecule has 0 N–H and O–H groups in total. The smallest absolute Gasteiger partial charge is 0.275 e. The van der Waals surface area contributed by atoms with Crippen LogP contribution >= 0.6 is 0 Å².